The van der Waals surface area contributed by atoms with Crippen molar-refractivity contribution in [3.63, 3.8) is 0 Å². The molecule has 4 aromatic carbocycles. The molecule has 0 saturated carbocycles. The third-order valence-electron chi connectivity index (χ3n) is 11.6. The quantitative estimate of drug-likeness (QED) is 0.118. The van der Waals surface area contributed by atoms with E-state index < -0.39 is 66.9 Å². The third kappa shape index (κ3) is 10.2. The predicted octanol–water partition coefficient (Wildman–Crippen LogP) is 19.1. The van der Waals surface area contributed by atoms with Crippen molar-refractivity contribution in [3.05, 3.63) is 174 Å². The first-order chi connectivity index (χ1) is 32.7. The van der Waals surface area contributed by atoms with Gasteiger partial charge in [0.15, 0.2) is 11.6 Å². The van der Waals surface area contributed by atoms with Crippen LogP contribution in [0.25, 0.3) is 42.7 Å². The summed E-state index contributed by atoms with van der Waals surface area (Å²) in [5.74, 6) is -0.336. The highest BCUT2D eigenvalue weighted by atomic mass is 35.5. The van der Waals surface area contributed by atoms with Crippen LogP contribution in [0.2, 0.25) is 10.0 Å². The molecule has 358 valence electrons. The number of azo groups is 2. The summed E-state index contributed by atoms with van der Waals surface area (Å²) < 4.78 is 92.9. The van der Waals surface area contributed by atoms with Crippen LogP contribution in [-0.2, 0) is 21.9 Å². The molecule has 70 heavy (non-hydrogen) atoms. The molecule has 2 aliphatic rings. The SMILES string of the molecule is CC1=C/C(=C(\N=Nc2cc(C(F)(F)F)c(-c3cc(Cl)c(N=N/C(=C4\C=C(C)C(=O)C(C(C)(C)C)=C4)c4cc5ccccc5s4)cc3C(F)(F)F)cc2Cl)c2cc3ccccc3s2)C=C(C(C)(C)C)C1=O. The zero-order valence-corrected chi connectivity index (χ0v) is 42.0. The average Bonchev–Trinajstić information content (AvgIpc) is 3.90. The Morgan fingerprint density at radius 1 is 0.514 bits per heavy atom. The lowest BCUT2D eigenvalue weighted by atomic mass is 9.78. The van der Waals surface area contributed by atoms with Crippen molar-refractivity contribution < 1.29 is 35.9 Å². The maximum Gasteiger partial charge on any atom is 0.417 e. The summed E-state index contributed by atoms with van der Waals surface area (Å²) in [7, 11) is 0. The van der Waals surface area contributed by atoms with Crippen LogP contribution in [0.4, 0.5) is 37.7 Å². The van der Waals surface area contributed by atoms with Gasteiger partial charge in [-0.2, -0.15) is 26.3 Å². The van der Waals surface area contributed by atoms with Gasteiger partial charge in [-0.3, -0.25) is 9.59 Å². The van der Waals surface area contributed by atoms with Gasteiger partial charge in [-0.1, -0.05) is 101 Å². The largest absolute Gasteiger partial charge is 0.417 e. The smallest absolute Gasteiger partial charge is 0.289 e. The Bertz CT molecular complexity index is 3160. The number of ketones is 2. The summed E-state index contributed by atoms with van der Waals surface area (Å²) in [5, 5.41) is 18.2. The van der Waals surface area contributed by atoms with E-state index in [0.717, 1.165) is 32.3 Å². The third-order valence-corrected chi connectivity index (χ3v) is 14.5. The number of alkyl halides is 6. The first-order valence-electron chi connectivity index (χ1n) is 21.7. The van der Waals surface area contributed by atoms with Gasteiger partial charge in [-0.05, 0) is 131 Å². The van der Waals surface area contributed by atoms with E-state index in [2.05, 4.69) is 20.5 Å². The number of nitrogens with zero attached hydrogens (tertiary/aromatic N) is 4. The molecule has 2 aromatic heterocycles. The summed E-state index contributed by atoms with van der Waals surface area (Å²) in [6, 6.07) is 21.3. The molecule has 0 aliphatic heterocycles. The van der Waals surface area contributed by atoms with Gasteiger partial charge < -0.3 is 0 Å². The van der Waals surface area contributed by atoms with Crippen molar-refractivity contribution in [2.75, 3.05) is 0 Å². The van der Waals surface area contributed by atoms with Gasteiger partial charge in [0.2, 0.25) is 0 Å². The standard InChI is InChI=1S/C54H42Cl2F6N4O2S2/c1-27-17-31(19-37(49(27)67)51(3,4)5)47(45-21-29-13-9-11-15-43(29)69-45)65-63-41-25-35(53(57,58)59)33(23-39(41)55)34-24-40(56)42(26-36(34)54(60,61)62)64-66-48(46-22-30-14-10-12-16-44(30)70-46)32-18-28(2)50(68)38(20-32)52(6,7)8/h9-26H,1-8H3/b47-31+,48-32+,65-63?,66-64?. The van der Waals surface area contributed by atoms with E-state index in [0.29, 0.717) is 55.3 Å². The Hall–Kier alpha value is -6.06. The Morgan fingerprint density at radius 3 is 1.20 bits per heavy atom. The van der Waals surface area contributed by atoms with Crippen molar-refractivity contribution in [1.29, 1.82) is 0 Å². The number of Topliss-reactive ketones (excluding diaryl/α,β-unsaturated/α-hetero) is 2. The molecular formula is C54H42Cl2F6N4O2S2. The average molecular weight is 1030 g/mol. The molecule has 0 bridgehead atoms. The van der Waals surface area contributed by atoms with Gasteiger partial charge in [0.25, 0.3) is 0 Å². The van der Waals surface area contributed by atoms with Crippen LogP contribution >= 0.6 is 45.9 Å². The minimum Gasteiger partial charge on any atom is -0.289 e. The van der Waals surface area contributed by atoms with Gasteiger partial charge in [0.1, 0.15) is 22.8 Å². The zero-order chi connectivity index (χ0) is 50.8. The van der Waals surface area contributed by atoms with Crippen molar-refractivity contribution in [1.82, 2.24) is 0 Å². The molecule has 0 spiro atoms. The number of allylic oxidation sites excluding steroid dienone is 10. The Morgan fingerprint density at radius 2 is 0.871 bits per heavy atom. The van der Waals surface area contributed by atoms with Crippen LogP contribution in [-0.4, -0.2) is 11.6 Å². The molecule has 2 heterocycles. The first kappa shape index (κ1) is 50.3. The molecule has 6 nitrogen and oxygen atoms in total. The van der Waals surface area contributed by atoms with Crippen LogP contribution in [0.1, 0.15) is 76.3 Å². The fourth-order valence-electron chi connectivity index (χ4n) is 8.03. The molecule has 0 radical (unpaired) electrons. The molecule has 2 aliphatic carbocycles. The van der Waals surface area contributed by atoms with Crippen molar-refractivity contribution >= 4 is 100 Å². The second-order valence-electron chi connectivity index (χ2n) is 18.9. The maximum atomic E-state index is 15.2. The van der Waals surface area contributed by atoms with Crippen LogP contribution in [0.3, 0.4) is 0 Å². The van der Waals surface area contributed by atoms with Crippen molar-refractivity contribution in [3.8, 4) is 11.1 Å². The van der Waals surface area contributed by atoms with E-state index in [1.165, 1.54) is 22.7 Å². The highest BCUT2D eigenvalue weighted by Crippen LogP contribution is 2.50. The highest BCUT2D eigenvalue weighted by molar-refractivity contribution is 7.20. The lowest BCUT2D eigenvalue weighted by Crippen LogP contribution is -2.21. The van der Waals surface area contributed by atoms with Crippen LogP contribution in [0, 0.1) is 10.8 Å². The zero-order valence-electron chi connectivity index (χ0n) is 38.8. The number of carbonyl (C=O) groups is 2. The Kier molecular flexibility index (Phi) is 13.4. The van der Waals surface area contributed by atoms with Gasteiger partial charge >= 0.3 is 12.4 Å². The predicted molar refractivity (Wildman–Crippen MR) is 271 cm³/mol. The van der Waals surface area contributed by atoms with Crippen LogP contribution < -0.4 is 0 Å². The van der Waals surface area contributed by atoms with Crippen LogP contribution in [0.15, 0.2) is 163 Å². The molecule has 0 fully saturated rings. The number of fused-ring (bicyclic) bond motifs is 2. The number of rotatable bonds is 7. The van der Waals surface area contributed by atoms with Crippen molar-refractivity contribution in [2.24, 2.45) is 31.3 Å². The molecule has 6 aromatic rings. The Labute approximate surface area is 417 Å². The van der Waals surface area contributed by atoms with E-state index in [-0.39, 0.29) is 23.0 Å². The molecular weight excluding hydrogens is 986 g/mol. The summed E-state index contributed by atoms with van der Waals surface area (Å²) in [4.78, 5) is 27.7. The summed E-state index contributed by atoms with van der Waals surface area (Å²) in [6.45, 7) is 14.6. The van der Waals surface area contributed by atoms with Gasteiger partial charge in [-0.25, -0.2) is 0 Å². The van der Waals surface area contributed by atoms with Gasteiger partial charge in [0.05, 0.1) is 30.9 Å². The summed E-state index contributed by atoms with van der Waals surface area (Å²) in [5.41, 5.74) is -3.70. The molecule has 0 unspecified atom stereocenters. The monoisotopic (exact) mass is 1030 g/mol. The number of thiophene rings is 2. The van der Waals surface area contributed by atoms with E-state index in [1.807, 2.05) is 102 Å². The number of hydrogen-bond acceptors (Lipinski definition) is 8. The minimum absolute atomic E-state index is 0.168. The van der Waals surface area contributed by atoms with E-state index in [4.69, 9.17) is 23.2 Å². The van der Waals surface area contributed by atoms with Gasteiger partial charge in [-0.15, -0.1) is 43.1 Å². The second-order valence-corrected chi connectivity index (χ2v) is 21.9. The lowest BCUT2D eigenvalue weighted by Gasteiger charge is -2.25. The molecule has 0 saturated heterocycles. The number of benzene rings is 4. The fraction of sp³-hybridized carbons (Fsp3) is 0.222. The Balaban J connectivity index is 1.27. The second kappa shape index (κ2) is 18.6. The summed E-state index contributed by atoms with van der Waals surface area (Å²) >= 11 is 16.0. The van der Waals surface area contributed by atoms with E-state index in [9.17, 15) is 9.59 Å². The molecule has 0 atom stereocenters. The van der Waals surface area contributed by atoms with Crippen LogP contribution in [0.5, 0.6) is 0 Å². The number of hydrogen-bond donors (Lipinski definition) is 0. The first-order valence-corrected chi connectivity index (χ1v) is 24.1. The molecule has 16 heteroatoms. The fourth-order valence-corrected chi connectivity index (χ4v) is 10.6. The molecule has 0 N–H and O–H groups in total. The minimum atomic E-state index is -5.23. The van der Waals surface area contributed by atoms with Gasteiger partial charge in [0, 0.05) is 31.7 Å². The topological polar surface area (TPSA) is 83.6 Å². The number of halogens is 8. The molecule has 8 rings (SSSR count). The summed E-state index contributed by atoms with van der Waals surface area (Å²) in [6.07, 6.45) is -3.82. The maximum absolute atomic E-state index is 15.2. The normalized spacial score (nSPS) is 16.9. The van der Waals surface area contributed by atoms with E-state index >= 15 is 26.3 Å². The molecule has 0 amide bonds. The highest BCUT2D eigenvalue weighted by Gasteiger charge is 2.40. The van der Waals surface area contributed by atoms with E-state index in [1.54, 1.807) is 38.2 Å². The lowest BCUT2D eigenvalue weighted by molar-refractivity contribution is -0.139. The number of carbonyl (C=O) groups excluding carboxylic acids is 2. The van der Waals surface area contributed by atoms with Crippen molar-refractivity contribution in [2.45, 2.75) is 67.7 Å².